The van der Waals surface area contributed by atoms with Crippen LogP contribution in [0.5, 0.6) is 0 Å². The molecule has 0 aliphatic carbocycles. The molecule has 96 heavy (non-hydrogen) atoms. The first-order chi connectivity index (χ1) is 47.0. The fourth-order valence-corrected chi connectivity index (χ4v) is 11.8. The third-order valence-electron chi connectivity index (χ3n) is 17.2. The van der Waals surface area contributed by atoms with Crippen molar-refractivity contribution in [2.75, 3.05) is 47.5 Å². The number of rotatable bonds is 73. The topological polar surface area (TPSA) is 111 Å². The number of unbranched alkanes of at least 4 members (excludes halogenated alkanes) is 37. The second kappa shape index (κ2) is 75.4. The third-order valence-corrected chi connectivity index (χ3v) is 18.1. The summed E-state index contributed by atoms with van der Waals surface area (Å²) < 4.78 is 34.4. The minimum atomic E-state index is -4.66. The van der Waals surface area contributed by atoms with Crippen LogP contribution in [0, 0.1) is 0 Å². The highest BCUT2D eigenvalue weighted by Crippen LogP contribution is 2.38. The average molecular weight is 1360 g/mol. The Morgan fingerprint density at radius 2 is 0.594 bits per heavy atom. The number of hydrogen-bond acceptors (Lipinski definition) is 8. The molecule has 0 aromatic heterocycles. The van der Waals surface area contributed by atoms with Crippen molar-refractivity contribution in [1.29, 1.82) is 0 Å². The summed E-state index contributed by atoms with van der Waals surface area (Å²) in [7, 11) is 1.15. The van der Waals surface area contributed by atoms with Crippen molar-refractivity contribution >= 4 is 19.8 Å². The van der Waals surface area contributed by atoms with Crippen LogP contribution in [0.3, 0.4) is 0 Å². The number of allylic oxidation sites excluding steroid dienone is 22. The number of hydrogen-bond donors (Lipinski definition) is 0. The molecule has 0 aliphatic rings. The van der Waals surface area contributed by atoms with E-state index in [1.54, 1.807) is 0 Å². The zero-order valence-electron chi connectivity index (χ0n) is 63.0. The first-order valence-electron chi connectivity index (χ1n) is 39.9. The van der Waals surface area contributed by atoms with Gasteiger partial charge in [-0.2, -0.15) is 0 Å². The van der Waals surface area contributed by atoms with Crippen LogP contribution >= 0.6 is 7.82 Å². The van der Waals surface area contributed by atoms with Gasteiger partial charge in [0.1, 0.15) is 19.8 Å². The largest absolute Gasteiger partial charge is 0.756 e. The van der Waals surface area contributed by atoms with Gasteiger partial charge in [0.15, 0.2) is 6.10 Å². The number of likely N-dealkylation sites (N-methyl/N-ethyl adjacent to an activating group) is 1. The number of carbonyl (C=O) groups is 2. The van der Waals surface area contributed by atoms with E-state index in [0.29, 0.717) is 17.4 Å². The molecule has 0 rings (SSSR count). The SMILES string of the molecule is CC/C=C\C/C=C\C/C=C\C/C=C\C/C=C\C/C=C\C/C=C\C/C=C\C/C=C\CCCCCCCC(=O)OC(COC(=O)CCCCCCCCCCCCCCCCCCCCCCCCCCCCC/C=C\C/C=C\CCCCCCC)COP(=O)([O-])OCC[N+](C)(C)C. The van der Waals surface area contributed by atoms with Crippen LogP contribution in [-0.4, -0.2) is 70.0 Å². The molecule has 0 aromatic carbocycles. The van der Waals surface area contributed by atoms with E-state index in [-0.39, 0.29) is 32.0 Å². The number of phosphoric ester groups is 1. The van der Waals surface area contributed by atoms with Gasteiger partial charge in [0, 0.05) is 12.8 Å². The Kier molecular flexibility index (Phi) is 72.3. The molecule has 9 nitrogen and oxygen atoms in total. The molecule has 0 radical (unpaired) electrons. The van der Waals surface area contributed by atoms with Gasteiger partial charge in [-0.3, -0.25) is 14.2 Å². The fourth-order valence-electron chi connectivity index (χ4n) is 11.1. The number of carbonyl (C=O) groups excluding carboxylic acids is 2. The summed E-state index contributed by atoms with van der Waals surface area (Å²) in [5.41, 5.74) is 0. The van der Waals surface area contributed by atoms with Crippen molar-refractivity contribution < 1.29 is 42.1 Å². The molecule has 0 saturated heterocycles. The van der Waals surface area contributed by atoms with E-state index >= 15 is 0 Å². The smallest absolute Gasteiger partial charge is 0.306 e. The number of quaternary nitrogens is 1. The highest BCUT2D eigenvalue weighted by atomic mass is 31.2. The van der Waals surface area contributed by atoms with Gasteiger partial charge in [-0.05, 0) is 116 Å². The summed E-state index contributed by atoms with van der Waals surface area (Å²) in [6.07, 6.45) is 110. The minimum absolute atomic E-state index is 0.0400. The predicted molar refractivity (Wildman–Crippen MR) is 415 cm³/mol. The highest BCUT2D eigenvalue weighted by Gasteiger charge is 2.22. The van der Waals surface area contributed by atoms with Gasteiger partial charge >= 0.3 is 11.9 Å². The van der Waals surface area contributed by atoms with Crippen LogP contribution in [0.25, 0.3) is 0 Å². The van der Waals surface area contributed by atoms with Gasteiger partial charge in [-0.15, -0.1) is 0 Å². The monoisotopic (exact) mass is 1360 g/mol. The molecule has 0 aromatic rings. The number of ether oxygens (including phenoxy) is 2. The molecule has 0 aliphatic heterocycles. The Hall–Kier alpha value is -3.85. The second-order valence-electron chi connectivity index (χ2n) is 27.7. The van der Waals surface area contributed by atoms with Crippen molar-refractivity contribution in [3.05, 3.63) is 134 Å². The molecule has 0 spiro atoms. The van der Waals surface area contributed by atoms with Crippen LogP contribution in [0.15, 0.2) is 134 Å². The number of esters is 2. The van der Waals surface area contributed by atoms with Crippen LogP contribution in [-0.2, 0) is 32.7 Å². The Morgan fingerprint density at radius 3 is 0.885 bits per heavy atom. The van der Waals surface area contributed by atoms with Gasteiger partial charge in [0.25, 0.3) is 7.82 Å². The molecule has 2 unspecified atom stereocenters. The lowest BCUT2D eigenvalue weighted by atomic mass is 10.0. The molecule has 0 amide bonds. The quantitative estimate of drug-likeness (QED) is 0.0195. The second-order valence-corrected chi connectivity index (χ2v) is 29.1. The van der Waals surface area contributed by atoms with Crippen molar-refractivity contribution in [3.63, 3.8) is 0 Å². The van der Waals surface area contributed by atoms with Crippen molar-refractivity contribution in [1.82, 2.24) is 0 Å². The molecule has 552 valence electrons. The molecule has 0 N–H and O–H groups in total. The average Bonchev–Trinajstić information content (AvgIpc) is 1.48. The zero-order chi connectivity index (χ0) is 69.7. The summed E-state index contributed by atoms with van der Waals surface area (Å²) in [5.74, 6) is -0.851. The maximum absolute atomic E-state index is 12.9. The lowest BCUT2D eigenvalue weighted by molar-refractivity contribution is -0.870. The normalized spacial score (nSPS) is 13.8. The van der Waals surface area contributed by atoms with Crippen LogP contribution in [0.1, 0.15) is 348 Å². The minimum Gasteiger partial charge on any atom is -0.756 e. The Bertz CT molecular complexity index is 2090. The van der Waals surface area contributed by atoms with E-state index < -0.39 is 26.5 Å². The Balaban J connectivity index is 4.01. The first kappa shape index (κ1) is 92.2. The summed E-state index contributed by atoms with van der Waals surface area (Å²) in [6, 6.07) is 0. The lowest BCUT2D eigenvalue weighted by Gasteiger charge is -2.28. The standard InChI is InChI=1S/C86H150NO8P/c1-6-8-10-12-14-16-18-20-22-24-26-28-30-32-34-36-38-40-41-42-43-44-45-47-48-50-52-54-56-58-60-62-64-66-68-70-72-74-76-78-85(88)92-82-84(83-94-96(90,91)93-81-80-87(3,4)5)95-86(89)79-77-75-73-71-69-67-65-63-61-59-57-55-53-51-49-46-39-37-35-33-31-29-27-25-23-21-19-17-15-13-11-9-7-2/h9,11,15,17-18,20-21,23-24,26-27,29,33,35,39,46,51,53,57,59,63,65,84H,6-8,10,12-14,16,19,22,25,28,30-32,34,36-38,40-45,47-50,52,54-56,58,60-62,64,66-83H2,1-5H3/b11-9-,17-15-,20-18-,23-21-,26-24-,29-27-,35-33-,46-39-,53-51-,59-57-,65-63-. The van der Waals surface area contributed by atoms with Gasteiger partial charge in [-0.25, -0.2) is 0 Å². The van der Waals surface area contributed by atoms with Crippen molar-refractivity contribution in [2.24, 2.45) is 0 Å². The van der Waals surface area contributed by atoms with E-state index in [4.69, 9.17) is 18.5 Å². The van der Waals surface area contributed by atoms with E-state index in [9.17, 15) is 19.0 Å². The van der Waals surface area contributed by atoms with Crippen molar-refractivity contribution in [3.8, 4) is 0 Å². The van der Waals surface area contributed by atoms with Gasteiger partial charge < -0.3 is 27.9 Å². The summed E-state index contributed by atoms with van der Waals surface area (Å²) >= 11 is 0. The van der Waals surface area contributed by atoms with E-state index in [1.165, 1.54) is 199 Å². The summed E-state index contributed by atoms with van der Waals surface area (Å²) in [6.45, 7) is 4.12. The maximum atomic E-state index is 12.9. The Labute approximate surface area is 593 Å². The molecule has 0 bridgehead atoms. The lowest BCUT2D eigenvalue weighted by Crippen LogP contribution is -2.37. The van der Waals surface area contributed by atoms with Gasteiger partial charge in [0.2, 0.25) is 0 Å². The molecular weight excluding hydrogens is 1210 g/mol. The van der Waals surface area contributed by atoms with Crippen LogP contribution in [0.2, 0.25) is 0 Å². The predicted octanol–water partition coefficient (Wildman–Crippen LogP) is 26.1. The van der Waals surface area contributed by atoms with Crippen LogP contribution < -0.4 is 4.89 Å². The zero-order valence-corrected chi connectivity index (χ0v) is 63.9. The van der Waals surface area contributed by atoms with E-state index in [0.717, 1.165) is 116 Å². The van der Waals surface area contributed by atoms with Gasteiger partial charge in [0.05, 0.1) is 27.7 Å². The van der Waals surface area contributed by atoms with E-state index in [2.05, 4.69) is 148 Å². The number of nitrogens with zero attached hydrogens (tertiary/aromatic N) is 1. The molecule has 0 saturated carbocycles. The maximum Gasteiger partial charge on any atom is 0.306 e. The molecule has 0 fully saturated rings. The first-order valence-corrected chi connectivity index (χ1v) is 41.4. The molecule has 2 atom stereocenters. The number of phosphoric acid groups is 1. The Morgan fingerprint density at radius 1 is 0.333 bits per heavy atom. The summed E-state index contributed by atoms with van der Waals surface area (Å²) in [4.78, 5) is 38.2. The van der Waals surface area contributed by atoms with Crippen LogP contribution in [0.4, 0.5) is 0 Å². The highest BCUT2D eigenvalue weighted by molar-refractivity contribution is 7.45. The van der Waals surface area contributed by atoms with Gasteiger partial charge in [-0.1, -0.05) is 353 Å². The summed E-state index contributed by atoms with van der Waals surface area (Å²) in [5, 5.41) is 0. The van der Waals surface area contributed by atoms with Crippen molar-refractivity contribution in [2.45, 2.75) is 354 Å². The molecule has 10 heteroatoms. The molecule has 0 heterocycles. The fraction of sp³-hybridized carbons (Fsp3) is 0.721. The third kappa shape index (κ3) is 79.1. The van der Waals surface area contributed by atoms with E-state index in [1.807, 2.05) is 21.1 Å². The molecular formula is C86H150NO8P.